The van der Waals surface area contributed by atoms with Crippen molar-refractivity contribution in [2.45, 2.75) is 45.2 Å². The lowest BCUT2D eigenvalue weighted by atomic mass is 10.3. The van der Waals surface area contributed by atoms with Gasteiger partial charge in [-0.05, 0) is 37.8 Å². The van der Waals surface area contributed by atoms with Crippen LogP contribution in [0.4, 0.5) is 0 Å². The molecule has 1 fully saturated rings. The van der Waals surface area contributed by atoms with E-state index >= 15 is 0 Å². The van der Waals surface area contributed by atoms with Gasteiger partial charge in [0.05, 0.1) is 4.90 Å². The quantitative estimate of drug-likeness (QED) is 0.765. The number of aromatic nitrogens is 1. The molecule has 2 unspecified atom stereocenters. The highest BCUT2D eigenvalue weighted by Gasteiger charge is 2.33. The number of hydrogen-bond donors (Lipinski definition) is 2. The van der Waals surface area contributed by atoms with E-state index in [9.17, 15) is 8.42 Å². The SMILES string of the molecule is CCNCc1cc(S(=O)(=O)NCC2CC2C)cn1CC. The zero-order chi connectivity index (χ0) is 14.8. The van der Waals surface area contributed by atoms with Crippen molar-refractivity contribution in [1.82, 2.24) is 14.6 Å². The molecule has 20 heavy (non-hydrogen) atoms. The van der Waals surface area contributed by atoms with Gasteiger partial charge in [-0.3, -0.25) is 0 Å². The molecule has 2 rings (SSSR count). The molecule has 1 aliphatic rings. The highest BCUT2D eigenvalue weighted by atomic mass is 32.2. The molecule has 1 heterocycles. The maximum absolute atomic E-state index is 12.3. The topological polar surface area (TPSA) is 63.1 Å². The number of nitrogens with one attached hydrogen (secondary N) is 2. The number of sulfonamides is 1. The molecular formula is C14H25N3O2S. The summed E-state index contributed by atoms with van der Waals surface area (Å²) >= 11 is 0. The molecule has 0 bridgehead atoms. The first-order valence-corrected chi connectivity index (χ1v) is 8.85. The maximum atomic E-state index is 12.3. The highest BCUT2D eigenvalue weighted by molar-refractivity contribution is 7.89. The van der Waals surface area contributed by atoms with Crippen molar-refractivity contribution in [3.05, 3.63) is 18.0 Å². The molecule has 2 N–H and O–H groups in total. The minimum Gasteiger partial charge on any atom is -0.349 e. The average molecular weight is 299 g/mol. The lowest BCUT2D eigenvalue weighted by Gasteiger charge is -2.05. The Hall–Kier alpha value is -0.850. The summed E-state index contributed by atoms with van der Waals surface area (Å²) in [5.41, 5.74) is 1.01. The van der Waals surface area contributed by atoms with Crippen LogP contribution in [0.25, 0.3) is 0 Å². The van der Waals surface area contributed by atoms with Crippen LogP contribution < -0.4 is 10.0 Å². The number of rotatable bonds is 8. The van der Waals surface area contributed by atoms with E-state index in [1.54, 1.807) is 12.3 Å². The van der Waals surface area contributed by atoms with Gasteiger partial charge >= 0.3 is 0 Å². The van der Waals surface area contributed by atoms with Crippen LogP contribution in [0.3, 0.4) is 0 Å². The predicted octanol–water partition coefficient (Wildman–Crippen LogP) is 1.55. The van der Waals surface area contributed by atoms with Crippen molar-refractivity contribution >= 4 is 10.0 Å². The summed E-state index contributed by atoms with van der Waals surface area (Å²) < 4.78 is 29.3. The minimum atomic E-state index is -3.37. The predicted molar refractivity (Wildman–Crippen MR) is 79.9 cm³/mol. The molecular weight excluding hydrogens is 274 g/mol. The molecule has 114 valence electrons. The van der Waals surface area contributed by atoms with Gasteiger partial charge < -0.3 is 9.88 Å². The summed E-state index contributed by atoms with van der Waals surface area (Å²) in [6, 6.07) is 1.77. The van der Waals surface area contributed by atoms with Crippen molar-refractivity contribution in [3.63, 3.8) is 0 Å². The molecule has 5 nitrogen and oxygen atoms in total. The van der Waals surface area contributed by atoms with Crippen molar-refractivity contribution in [2.75, 3.05) is 13.1 Å². The Kier molecular flexibility index (Phi) is 4.88. The van der Waals surface area contributed by atoms with Crippen LogP contribution in [0.1, 0.15) is 32.9 Å². The molecule has 0 radical (unpaired) electrons. The lowest BCUT2D eigenvalue weighted by Crippen LogP contribution is -2.25. The van der Waals surface area contributed by atoms with E-state index in [0.717, 1.165) is 25.2 Å². The largest absolute Gasteiger partial charge is 0.349 e. The van der Waals surface area contributed by atoms with Crippen LogP contribution in [-0.4, -0.2) is 26.1 Å². The molecule has 6 heteroatoms. The molecule has 0 spiro atoms. The van der Waals surface area contributed by atoms with E-state index in [-0.39, 0.29) is 0 Å². The first kappa shape index (κ1) is 15.5. The Labute approximate surface area is 121 Å². The van der Waals surface area contributed by atoms with Crippen LogP contribution in [0.5, 0.6) is 0 Å². The Bertz CT molecular complexity index is 551. The van der Waals surface area contributed by atoms with Crippen LogP contribution in [-0.2, 0) is 23.1 Å². The van der Waals surface area contributed by atoms with Gasteiger partial charge in [-0.1, -0.05) is 13.8 Å². The maximum Gasteiger partial charge on any atom is 0.242 e. The number of hydrogen-bond acceptors (Lipinski definition) is 3. The fourth-order valence-electron chi connectivity index (χ4n) is 2.35. The highest BCUT2D eigenvalue weighted by Crippen LogP contribution is 2.37. The van der Waals surface area contributed by atoms with Gasteiger partial charge in [0.15, 0.2) is 0 Å². The van der Waals surface area contributed by atoms with E-state index in [1.165, 1.54) is 0 Å². The molecule has 0 aliphatic heterocycles. The summed E-state index contributed by atoms with van der Waals surface area (Å²) in [5, 5.41) is 3.23. The summed E-state index contributed by atoms with van der Waals surface area (Å²) in [4.78, 5) is 0.376. The third-order valence-electron chi connectivity index (χ3n) is 3.98. The Morgan fingerprint density at radius 3 is 2.65 bits per heavy atom. The molecule has 0 saturated heterocycles. The third-order valence-corrected chi connectivity index (χ3v) is 5.37. The second kappa shape index (κ2) is 6.28. The minimum absolute atomic E-state index is 0.376. The Morgan fingerprint density at radius 2 is 2.10 bits per heavy atom. The summed E-state index contributed by atoms with van der Waals surface area (Å²) in [5.74, 6) is 1.17. The first-order valence-electron chi connectivity index (χ1n) is 7.37. The molecule has 1 saturated carbocycles. The van der Waals surface area contributed by atoms with Crippen LogP contribution in [0.2, 0.25) is 0 Å². The molecule has 1 aliphatic carbocycles. The van der Waals surface area contributed by atoms with E-state index in [2.05, 4.69) is 17.0 Å². The van der Waals surface area contributed by atoms with Crippen molar-refractivity contribution in [2.24, 2.45) is 11.8 Å². The van der Waals surface area contributed by atoms with Crippen LogP contribution in [0.15, 0.2) is 17.2 Å². The van der Waals surface area contributed by atoms with Gasteiger partial charge in [0.1, 0.15) is 0 Å². The normalized spacial score (nSPS) is 22.1. The second-order valence-electron chi connectivity index (χ2n) is 5.56. The monoisotopic (exact) mass is 299 g/mol. The fourth-order valence-corrected chi connectivity index (χ4v) is 3.51. The van der Waals surface area contributed by atoms with E-state index in [0.29, 0.717) is 29.8 Å². The molecule has 0 amide bonds. The van der Waals surface area contributed by atoms with Gasteiger partial charge in [-0.2, -0.15) is 0 Å². The Morgan fingerprint density at radius 1 is 1.40 bits per heavy atom. The summed E-state index contributed by atoms with van der Waals surface area (Å²) in [7, 11) is -3.37. The van der Waals surface area contributed by atoms with E-state index in [1.807, 2.05) is 18.4 Å². The third kappa shape index (κ3) is 3.62. The van der Waals surface area contributed by atoms with Gasteiger partial charge in [-0.25, -0.2) is 13.1 Å². The smallest absolute Gasteiger partial charge is 0.242 e. The van der Waals surface area contributed by atoms with Gasteiger partial charge in [0.25, 0.3) is 0 Å². The van der Waals surface area contributed by atoms with E-state index < -0.39 is 10.0 Å². The standard InChI is InChI=1S/C14H25N3O2S/c1-4-15-9-13-7-14(10-17(13)5-2)20(18,19)16-8-12-6-11(12)3/h7,10-12,15-16H,4-6,8-9H2,1-3H3. The summed E-state index contributed by atoms with van der Waals surface area (Å²) in [6.45, 7) is 9.11. The molecule has 0 aromatic carbocycles. The number of nitrogens with zero attached hydrogens (tertiary/aromatic N) is 1. The van der Waals surface area contributed by atoms with Crippen LogP contribution in [0, 0.1) is 11.8 Å². The van der Waals surface area contributed by atoms with Gasteiger partial charge in [0.2, 0.25) is 10.0 Å². The second-order valence-corrected chi connectivity index (χ2v) is 7.33. The zero-order valence-corrected chi connectivity index (χ0v) is 13.3. The van der Waals surface area contributed by atoms with Gasteiger partial charge in [-0.15, -0.1) is 0 Å². The zero-order valence-electron chi connectivity index (χ0n) is 12.5. The van der Waals surface area contributed by atoms with Gasteiger partial charge in [0, 0.05) is 31.5 Å². The average Bonchev–Trinajstić information content (AvgIpc) is 2.96. The number of aryl methyl sites for hydroxylation is 1. The molecule has 1 aromatic rings. The van der Waals surface area contributed by atoms with Crippen molar-refractivity contribution in [1.29, 1.82) is 0 Å². The first-order chi connectivity index (χ1) is 9.47. The fraction of sp³-hybridized carbons (Fsp3) is 0.714. The summed E-state index contributed by atoms with van der Waals surface area (Å²) in [6.07, 6.45) is 2.86. The Balaban J connectivity index is 2.07. The van der Waals surface area contributed by atoms with Crippen molar-refractivity contribution in [3.8, 4) is 0 Å². The molecule has 2 atom stereocenters. The van der Waals surface area contributed by atoms with E-state index in [4.69, 9.17) is 0 Å². The lowest BCUT2D eigenvalue weighted by molar-refractivity contribution is 0.574. The molecule has 1 aromatic heterocycles. The van der Waals surface area contributed by atoms with Crippen molar-refractivity contribution < 1.29 is 8.42 Å². The van der Waals surface area contributed by atoms with Crippen LogP contribution >= 0.6 is 0 Å².